The molecule has 2 aromatic carbocycles. The summed E-state index contributed by atoms with van der Waals surface area (Å²) in [4.78, 5) is 23.3. The molecule has 0 aliphatic heterocycles. The number of hydrogen-bond donors (Lipinski definition) is 0. The van der Waals surface area contributed by atoms with Gasteiger partial charge in [0.2, 0.25) is 0 Å². The van der Waals surface area contributed by atoms with Crippen molar-refractivity contribution in [1.29, 1.82) is 0 Å². The van der Waals surface area contributed by atoms with E-state index in [1.54, 1.807) is 26.0 Å². The van der Waals surface area contributed by atoms with Crippen molar-refractivity contribution in [2.75, 3.05) is 0 Å². The maximum Gasteiger partial charge on any atom is 0.338 e. The molecule has 0 N–H and O–H groups in total. The first kappa shape index (κ1) is 24.0. The van der Waals surface area contributed by atoms with Gasteiger partial charge in [-0.1, -0.05) is 31.4 Å². The predicted octanol–water partition coefficient (Wildman–Crippen LogP) is 7.26. The molecule has 35 heavy (non-hydrogen) atoms. The molecule has 3 aromatic rings. The molecule has 0 bridgehead atoms. The summed E-state index contributed by atoms with van der Waals surface area (Å²) in [6.45, 7) is 10.4. The molecule has 5 nitrogen and oxygen atoms in total. The lowest BCUT2D eigenvalue weighted by atomic mass is 9.84. The minimum atomic E-state index is -0.442. The highest BCUT2D eigenvalue weighted by Gasteiger charge is 2.19. The largest absolute Gasteiger partial charge is 0.456 e. The highest BCUT2D eigenvalue weighted by atomic mass is 16.5. The molecule has 5 heteroatoms. The van der Waals surface area contributed by atoms with Crippen LogP contribution >= 0.6 is 0 Å². The summed E-state index contributed by atoms with van der Waals surface area (Å²) in [5.74, 6) is 2.19. The van der Waals surface area contributed by atoms with Gasteiger partial charge in [0.1, 0.15) is 23.0 Å². The fourth-order valence-corrected chi connectivity index (χ4v) is 3.91. The fraction of sp³-hybridized carbons (Fsp3) is 0.200. The standard InChI is InChI=1S/C30H28O5/c1-19(2)29(31)33-25-13-9-22(10-14-25)21-5-7-23(8-6-21)27-17-18-28(35-27)24-11-15-26(16-12-24)34-30(32)20(3)4/h7,9-18,21H,1,3,5-6,8H2,2,4H3. The van der Waals surface area contributed by atoms with E-state index in [0.29, 0.717) is 28.6 Å². The van der Waals surface area contributed by atoms with Crippen molar-refractivity contribution in [2.24, 2.45) is 0 Å². The number of benzene rings is 2. The number of rotatable bonds is 7. The lowest BCUT2D eigenvalue weighted by Crippen LogP contribution is -2.08. The van der Waals surface area contributed by atoms with E-state index in [2.05, 4.69) is 19.2 Å². The molecular formula is C30H28O5. The van der Waals surface area contributed by atoms with Crippen molar-refractivity contribution >= 4 is 17.5 Å². The van der Waals surface area contributed by atoms with Crippen LogP contribution < -0.4 is 9.47 Å². The first-order chi connectivity index (χ1) is 16.8. The quantitative estimate of drug-likeness (QED) is 0.207. The van der Waals surface area contributed by atoms with Gasteiger partial charge in [0.05, 0.1) is 0 Å². The SMILES string of the molecule is C=C(C)C(=O)Oc1ccc(-c2ccc(C3=CCC(c4ccc(OC(=O)C(=C)C)cc4)CC3)o2)cc1. The van der Waals surface area contributed by atoms with E-state index < -0.39 is 11.9 Å². The number of esters is 2. The smallest absolute Gasteiger partial charge is 0.338 e. The third-order valence-corrected chi connectivity index (χ3v) is 5.94. The molecule has 1 atom stereocenters. The van der Waals surface area contributed by atoms with Gasteiger partial charge in [-0.2, -0.15) is 0 Å². The second-order valence-corrected chi connectivity index (χ2v) is 8.80. The van der Waals surface area contributed by atoms with Gasteiger partial charge in [-0.25, -0.2) is 9.59 Å². The van der Waals surface area contributed by atoms with Gasteiger partial charge in [0.25, 0.3) is 0 Å². The molecule has 0 saturated heterocycles. The Hall–Kier alpha value is -4.12. The molecule has 1 aliphatic rings. The van der Waals surface area contributed by atoms with Gasteiger partial charge in [0.15, 0.2) is 0 Å². The highest BCUT2D eigenvalue weighted by molar-refractivity contribution is 5.89. The number of hydrogen-bond acceptors (Lipinski definition) is 5. The van der Waals surface area contributed by atoms with Gasteiger partial charge in [0, 0.05) is 16.7 Å². The Morgan fingerprint density at radius 3 is 1.86 bits per heavy atom. The van der Waals surface area contributed by atoms with Crippen LogP contribution in [0.3, 0.4) is 0 Å². The van der Waals surface area contributed by atoms with Crippen molar-refractivity contribution in [2.45, 2.75) is 39.0 Å². The van der Waals surface area contributed by atoms with Crippen molar-refractivity contribution in [3.05, 3.63) is 102 Å². The van der Waals surface area contributed by atoms with Crippen LogP contribution in [-0.4, -0.2) is 11.9 Å². The van der Waals surface area contributed by atoms with Gasteiger partial charge in [-0.3, -0.25) is 0 Å². The Kier molecular flexibility index (Phi) is 7.16. The molecular weight excluding hydrogens is 440 g/mol. The zero-order valence-electron chi connectivity index (χ0n) is 20.0. The van der Waals surface area contributed by atoms with Gasteiger partial charge < -0.3 is 13.9 Å². The summed E-state index contributed by atoms with van der Waals surface area (Å²) in [6, 6.07) is 18.9. The van der Waals surface area contributed by atoms with Crippen molar-refractivity contribution in [3.8, 4) is 22.8 Å². The van der Waals surface area contributed by atoms with Crippen LogP contribution in [0.15, 0.2) is 95.5 Å². The maximum absolute atomic E-state index is 11.7. The average molecular weight is 469 g/mol. The van der Waals surface area contributed by atoms with E-state index in [9.17, 15) is 9.59 Å². The number of carbonyl (C=O) groups excluding carboxylic acids is 2. The van der Waals surface area contributed by atoms with Gasteiger partial charge >= 0.3 is 11.9 Å². The zero-order chi connectivity index (χ0) is 24.9. The fourth-order valence-electron chi connectivity index (χ4n) is 3.91. The predicted molar refractivity (Wildman–Crippen MR) is 136 cm³/mol. The van der Waals surface area contributed by atoms with E-state index in [1.165, 1.54) is 11.1 Å². The van der Waals surface area contributed by atoms with Gasteiger partial charge in [-0.15, -0.1) is 0 Å². The summed E-state index contributed by atoms with van der Waals surface area (Å²) >= 11 is 0. The van der Waals surface area contributed by atoms with Crippen LogP contribution in [0.4, 0.5) is 0 Å². The molecule has 4 rings (SSSR count). The van der Waals surface area contributed by atoms with Crippen LogP contribution in [0.2, 0.25) is 0 Å². The van der Waals surface area contributed by atoms with E-state index in [0.717, 1.165) is 36.3 Å². The van der Waals surface area contributed by atoms with Crippen molar-refractivity contribution < 1.29 is 23.5 Å². The first-order valence-corrected chi connectivity index (χ1v) is 11.5. The molecule has 1 unspecified atom stereocenters. The molecule has 0 fully saturated rings. The van der Waals surface area contributed by atoms with Crippen LogP contribution in [0.1, 0.15) is 50.4 Å². The number of carbonyl (C=O) groups is 2. The Morgan fingerprint density at radius 1 is 0.800 bits per heavy atom. The summed E-state index contributed by atoms with van der Waals surface area (Å²) in [5, 5.41) is 0. The summed E-state index contributed by atoms with van der Waals surface area (Å²) < 4.78 is 16.7. The monoisotopic (exact) mass is 468 g/mol. The zero-order valence-corrected chi connectivity index (χ0v) is 20.0. The average Bonchev–Trinajstić information content (AvgIpc) is 3.35. The molecule has 1 heterocycles. The van der Waals surface area contributed by atoms with Crippen LogP contribution in [0.25, 0.3) is 16.9 Å². The van der Waals surface area contributed by atoms with Crippen LogP contribution in [-0.2, 0) is 9.59 Å². The normalized spacial score (nSPS) is 15.1. The van der Waals surface area contributed by atoms with E-state index in [1.807, 2.05) is 48.5 Å². The molecule has 178 valence electrons. The Labute approximate surface area is 205 Å². The molecule has 0 radical (unpaired) electrons. The summed E-state index contributed by atoms with van der Waals surface area (Å²) in [6.07, 6.45) is 5.08. The Bertz CT molecular complexity index is 1290. The molecule has 1 aromatic heterocycles. The van der Waals surface area contributed by atoms with Crippen LogP contribution in [0.5, 0.6) is 11.5 Å². The second-order valence-electron chi connectivity index (χ2n) is 8.80. The van der Waals surface area contributed by atoms with E-state index in [4.69, 9.17) is 13.9 Å². The van der Waals surface area contributed by atoms with Gasteiger partial charge in [-0.05, 0) is 98.7 Å². The minimum absolute atomic E-state index is 0.355. The highest BCUT2D eigenvalue weighted by Crippen LogP contribution is 2.38. The third kappa shape index (κ3) is 5.87. The van der Waals surface area contributed by atoms with E-state index >= 15 is 0 Å². The Balaban J connectivity index is 1.38. The lowest BCUT2D eigenvalue weighted by molar-refractivity contribution is -0.130. The first-order valence-electron chi connectivity index (χ1n) is 11.5. The maximum atomic E-state index is 11.7. The van der Waals surface area contributed by atoms with Crippen LogP contribution in [0, 0.1) is 0 Å². The third-order valence-electron chi connectivity index (χ3n) is 5.94. The van der Waals surface area contributed by atoms with Crippen molar-refractivity contribution in [3.63, 3.8) is 0 Å². The number of allylic oxidation sites excluding steroid dienone is 2. The topological polar surface area (TPSA) is 65.7 Å². The molecule has 0 saturated carbocycles. The molecule has 1 aliphatic carbocycles. The number of furan rings is 1. The summed E-state index contributed by atoms with van der Waals surface area (Å²) in [5.41, 5.74) is 4.07. The van der Waals surface area contributed by atoms with E-state index in [-0.39, 0.29) is 0 Å². The molecule has 0 spiro atoms. The second kappa shape index (κ2) is 10.4. The lowest BCUT2D eigenvalue weighted by Gasteiger charge is -2.21. The molecule has 0 amide bonds. The summed E-state index contributed by atoms with van der Waals surface area (Å²) in [7, 11) is 0. The number of ether oxygens (including phenoxy) is 2. The van der Waals surface area contributed by atoms with Crippen molar-refractivity contribution in [1.82, 2.24) is 0 Å². The minimum Gasteiger partial charge on any atom is -0.456 e. The Morgan fingerprint density at radius 2 is 1.34 bits per heavy atom.